The SMILES string of the molecule is COc1ccc(CC(CNC(=O)OCc2ccccc2)C(=O)O)cc1F. The van der Waals surface area contributed by atoms with Gasteiger partial charge in [-0.15, -0.1) is 0 Å². The van der Waals surface area contributed by atoms with Gasteiger partial charge >= 0.3 is 12.1 Å². The highest BCUT2D eigenvalue weighted by Gasteiger charge is 2.20. The van der Waals surface area contributed by atoms with Gasteiger partial charge in [-0.2, -0.15) is 0 Å². The van der Waals surface area contributed by atoms with Gasteiger partial charge in [0.1, 0.15) is 6.61 Å². The van der Waals surface area contributed by atoms with Crippen molar-refractivity contribution in [2.45, 2.75) is 13.0 Å². The Kier molecular flexibility index (Phi) is 6.96. The summed E-state index contributed by atoms with van der Waals surface area (Å²) in [5.41, 5.74) is 1.32. The number of hydrogen-bond acceptors (Lipinski definition) is 4. The van der Waals surface area contributed by atoms with Crippen LogP contribution >= 0.6 is 0 Å². The summed E-state index contributed by atoms with van der Waals surface area (Å²) in [5, 5.41) is 11.7. The average molecular weight is 361 g/mol. The number of ether oxygens (including phenoxy) is 2. The molecular formula is C19H20FNO5. The maximum absolute atomic E-state index is 13.7. The molecule has 1 atom stereocenters. The molecule has 0 saturated carbocycles. The van der Waals surface area contributed by atoms with E-state index in [-0.39, 0.29) is 25.3 Å². The van der Waals surface area contributed by atoms with E-state index in [0.29, 0.717) is 5.56 Å². The summed E-state index contributed by atoms with van der Waals surface area (Å²) in [5.74, 6) is -2.48. The number of aliphatic carboxylic acids is 1. The van der Waals surface area contributed by atoms with Crippen LogP contribution in [-0.2, 0) is 22.6 Å². The Hall–Kier alpha value is -3.09. The van der Waals surface area contributed by atoms with Crippen molar-refractivity contribution in [3.63, 3.8) is 0 Å². The lowest BCUT2D eigenvalue weighted by molar-refractivity contribution is -0.141. The van der Waals surface area contributed by atoms with E-state index < -0.39 is 23.8 Å². The average Bonchev–Trinajstić information content (AvgIpc) is 2.64. The Balaban J connectivity index is 1.86. The van der Waals surface area contributed by atoms with Crippen molar-refractivity contribution in [1.82, 2.24) is 5.32 Å². The van der Waals surface area contributed by atoms with Gasteiger partial charge in [-0.05, 0) is 29.7 Å². The van der Waals surface area contributed by atoms with E-state index in [0.717, 1.165) is 5.56 Å². The van der Waals surface area contributed by atoms with Crippen molar-refractivity contribution in [2.75, 3.05) is 13.7 Å². The number of alkyl carbamates (subject to hydrolysis) is 1. The van der Waals surface area contributed by atoms with Crippen molar-refractivity contribution >= 4 is 12.1 Å². The highest BCUT2D eigenvalue weighted by atomic mass is 19.1. The van der Waals surface area contributed by atoms with Crippen LogP contribution in [0.15, 0.2) is 48.5 Å². The van der Waals surface area contributed by atoms with Crippen LogP contribution in [0.5, 0.6) is 5.75 Å². The van der Waals surface area contributed by atoms with E-state index in [2.05, 4.69) is 5.32 Å². The van der Waals surface area contributed by atoms with E-state index in [4.69, 9.17) is 9.47 Å². The normalized spacial score (nSPS) is 11.5. The smallest absolute Gasteiger partial charge is 0.407 e. The molecule has 0 aliphatic carbocycles. The van der Waals surface area contributed by atoms with Gasteiger partial charge in [-0.25, -0.2) is 9.18 Å². The first-order chi connectivity index (χ1) is 12.5. The van der Waals surface area contributed by atoms with Gasteiger partial charge in [-0.3, -0.25) is 4.79 Å². The van der Waals surface area contributed by atoms with Gasteiger partial charge in [0.15, 0.2) is 11.6 Å². The zero-order valence-electron chi connectivity index (χ0n) is 14.3. The predicted molar refractivity (Wildman–Crippen MR) is 92.4 cm³/mol. The number of hydrogen-bond donors (Lipinski definition) is 2. The molecule has 0 aromatic heterocycles. The summed E-state index contributed by atoms with van der Waals surface area (Å²) in [6.07, 6.45) is -0.643. The highest BCUT2D eigenvalue weighted by Crippen LogP contribution is 2.19. The first kappa shape index (κ1) is 19.2. The Labute approximate surface area is 150 Å². The van der Waals surface area contributed by atoms with Gasteiger partial charge in [0.25, 0.3) is 0 Å². The summed E-state index contributed by atoms with van der Waals surface area (Å²) < 4.78 is 23.6. The second kappa shape index (κ2) is 9.41. The molecule has 0 saturated heterocycles. The molecule has 2 aromatic rings. The standard InChI is InChI=1S/C19H20FNO5/c1-25-17-8-7-14(10-16(17)20)9-15(18(22)23)11-21-19(24)26-12-13-5-3-2-4-6-13/h2-8,10,15H,9,11-12H2,1H3,(H,21,24)(H,22,23). The van der Waals surface area contributed by atoms with Crippen LogP contribution in [0.2, 0.25) is 0 Å². The van der Waals surface area contributed by atoms with Crippen molar-refractivity contribution < 1.29 is 28.6 Å². The predicted octanol–water partition coefficient (Wildman–Crippen LogP) is 3.00. The number of carbonyl (C=O) groups is 2. The second-order valence-electron chi connectivity index (χ2n) is 5.65. The Bertz CT molecular complexity index is 751. The number of methoxy groups -OCH3 is 1. The van der Waals surface area contributed by atoms with Crippen LogP contribution < -0.4 is 10.1 Å². The Morgan fingerprint density at radius 3 is 2.50 bits per heavy atom. The molecule has 2 rings (SSSR count). The van der Waals surface area contributed by atoms with E-state index in [1.807, 2.05) is 30.3 Å². The van der Waals surface area contributed by atoms with E-state index in [1.54, 1.807) is 6.07 Å². The number of carboxylic acid groups (broad SMARTS) is 1. The number of amides is 1. The fraction of sp³-hybridized carbons (Fsp3) is 0.263. The molecule has 26 heavy (non-hydrogen) atoms. The number of rotatable bonds is 8. The molecule has 2 aromatic carbocycles. The van der Waals surface area contributed by atoms with Crippen molar-refractivity contribution in [3.05, 3.63) is 65.5 Å². The first-order valence-corrected chi connectivity index (χ1v) is 7.99. The number of carbonyl (C=O) groups excluding carboxylic acids is 1. The Morgan fingerprint density at radius 2 is 1.88 bits per heavy atom. The molecule has 1 amide bonds. The fourth-order valence-corrected chi connectivity index (χ4v) is 2.35. The minimum atomic E-state index is -1.09. The fourth-order valence-electron chi connectivity index (χ4n) is 2.35. The summed E-state index contributed by atoms with van der Waals surface area (Å²) in [4.78, 5) is 23.1. The van der Waals surface area contributed by atoms with Crippen molar-refractivity contribution in [1.29, 1.82) is 0 Å². The van der Waals surface area contributed by atoms with Gasteiger partial charge in [0.05, 0.1) is 13.0 Å². The van der Waals surface area contributed by atoms with Crippen LogP contribution in [0.1, 0.15) is 11.1 Å². The van der Waals surface area contributed by atoms with Crippen LogP contribution in [0.3, 0.4) is 0 Å². The zero-order chi connectivity index (χ0) is 18.9. The molecule has 0 bridgehead atoms. The van der Waals surface area contributed by atoms with Gasteiger partial charge in [0.2, 0.25) is 0 Å². The molecule has 0 aliphatic rings. The van der Waals surface area contributed by atoms with Crippen LogP contribution in [0.4, 0.5) is 9.18 Å². The molecule has 7 heteroatoms. The van der Waals surface area contributed by atoms with Crippen LogP contribution in [0, 0.1) is 11.7 Å². The van der Waals surface area contributed by atoms with Crippen molar-refractivity contribution in [2.24, 2.45) is 5.92 Å². The molecule has 1 unspecified atom stereocenters. The monoisotopic (exact) mass is 361 g/mol. The Morgan fingerprint density at radius 1 is 1.15 bits per heavy atom. The number of nitrogens with one attached hydrogen (secondary N) is 1. The zero-order valence-corrected chi connectivity index (χ0v) is 14.3. The lowest BCUT2D eigenvalue weighted by Crippen LogP contribution is -2.34. The third-order valence-corrected chi connectivity index (χ3v) is 3.75. The topological polar surface area (TPSA) is 84.9 Å². The third-order valence-electron chi connectivity index (χ3n) is 3.75. The minimum absolute atomic E-state index is 0.0647. The highest BCUT2D eigenvalue weighted by molar-refractivity contribution is 5.73. The first-order valence-electron chi connectivity index (χ1n) is 7.99. The van der Waals surface area contributed by atoms with Crippen LogP contribution in [0.25, 0.3) is 0 Å². The van der Waals surface area contributed by atoms with Gasteiger partial charge < -0.3 is 19.9 Å². The van der Waals surface area contributed by atoms with E-state index in [1.165, 1.54) is 19.2 Å². The molecule has 0 aliphatic heterocycles. The van der Waals surface area contributed by atoms with Crippen molar-refractivity contribution in [3.8, 4) is 5.75 Å². The summed E-state index contributed by atoms with van der Waals surface area (Å²) in [6.45, 7) is -0.0370. The molecule has 6 nitrogen and oxygen atoms in total. The third kappa shape index (κ3) is 5.77. The largest absolute Gasteiger partial charge is 0.494 e. The van der Waals surface area contributed by atoms with E-state index in [9.17, 15) is 19.1 Å². The minimum Gasteiger partial charge on any atom is -0.494 e. The molecule has 138 valence electrons. The molecule has 0 spiro atoms. The lowest BCUT2D eigenvalue weighted by Gasteiger charge is -2.14. The lowest BCUT2D eigenvalue weighted by atomic mass is 9.99. The molecule has 0 fully saturated rings. The number of carboxylic acids is 1. The van der Waals surface area contributed by atoms with E-state index >= 15 is 0 Å². The van der Waals surface area contributed by atoms with Crippen LogP contribution in [-0.4, -0.2) is 30.8 Å². The summed E-state index contributed by atoms with van der Waals surface area (Å²) >= 11 is 0. The molecule has 2 N–H and O–H groups in total. The number of halogens is 1. The number of benzene rings is 2. The summed E-state index contributed by atoms with van der Waals surface area (Å²) in [7, 11) is 1.35. The molecule has 0 heterocycles. The summed E-state index contributed by atoms with van der Waals surface area (Å²) in [6, 6.07) is 13.4. The quantitative estimate of drug-likeness (QED) is 0.755. The second-order valence-corrected chi connectivity index (χ2v) is 5.65. The maximum atomic E-state index is 13.7. The molecule has 0 radical (unpaired) electrons. The van der Waals surface area contributed by atoms with Gasteiger partial charge in [0, 0.05) is 6.54 Å². The molecular weight excluding hydrogens is 341 g/mol. The van der Waals surface area contributed by atoms with Gasteiger partial charge in [-0.1, -0.05) is 36.4 Å². The maximum Gasteiger partial charge on any atom is 0.407 e.